The monoisotopic (exact) mass is 1100 g/mol. The van der Waals surface area contributed by atoms with Crippen molar-refractivity contribution in [1.82, 2.24) is 29.9 Å². The minimum absolute atomic E-state index is 0.0944. The van der Waals surface area contributed by atoms with E-state index >= 15 is 8.78 Å². The van der Waals surface area contributed by atoms with Gasteiger partial charge in [-0.15, -0.1) is 0 Å². The molecule has 0 spiro atoms. The van der Waals surface area contributed by atoms with Crippen LogP contribution in [0.4, 0.5) is 49.7 Å². The molecule has 0 radical (unpaired) electrons. The third-order valence-corrected chi connectivity index (χ3v) is 15.6. The molecule has 0 bridgehead atoms. The number of alkyl halides is 8. The van der Waals surface area contributed by atoms with Crippen LogP contribution in [0.25, 0.3) is 22.0 Å². The number of pyridine rings is 1. The molecular weight excluding hydrogens is 1050 g/mol. The Morgan fingerprint density at radius 3 is 2.19 bits per heavy atom. The second kappa shape index (κ2) is 19.5. The Kier molecular flexibility index (Phi) is 14.7. The van der Waals surface area contributed by atoms with E-state index in [-0.39, 0.29) is 61.9 Å². The summed E-state index contributed by atoms with van der Waals surface area (Å²) < 4.78 is 198. The lowest BCUT2D eigenvalue weighted by Gasteiger charge is -2.23. The molecule has 1 saturated carbocycles. The van der Waals surface area contributed by atoms with Gasteiger partial charge in [-0.1, -0.05) is 30.0 Å². The molecule has 2 aromatic carbocycles. The number of benzene rings is 2. The zero-order valence-corrected chi connectivity index (χ0v) is 41.2. The van der Waals surface area contributed by atoms with Crippen LogP contribution in [0, 0.1) is 29.4 Å². The van der Waals surface area contributed by atoms with Crippen LogP contribution in [-0.4, -0.2) is 89.2 Å². The maximum atomic E-state index is 15.6. The summed E-state index contributed by atoms with van der Waals surface area (Å²) >= 11 is 6.66. The van der Waals surface area contributed by atoms with Crippen molar-refractivity contribution in [3.05, 3.63) is 93.0 Å². The molecular formula is C45H44ClF10N9O6S2. The maximum absolute atomic E-state index is 15.6. The van der Waals surface area contributed by atoms with Crippen LogP contribution in [0.1, 0.15) is 85.4 Å². The highest BCUT2D eigenvalue weighted by Crippen LogP contribution is 2.68. The van der Waals surface area contributed by atoms with Crippen LogP contribution >= 0.6 is 11.6 Å². The van der Waals surface area contributed by atoms with Crippen LogP contribution in [-0.2, 0) is 61.1 Å². The Balaban J connectivity index is 1.48. The van der Waals surface area contributed by atoms with E-state index in [4.69, 9.17) is 23.1 Å². The average Bonchev–Trinajstić information content (AvgIpc) is 3.77. The van der Waals surface area contributed by atoms with E-state index in [0.717, 1.165) is 42.7 Å². The topological polar surface area (TPSA) is 218 Å². The van der Waals surface area contributed by atoms with Gasteiger partial charge in [0.15, 0.2) is 21.3 Å². The smallest absolute Gasteiger partial charge is 0.346 e. The Hall–Kier alpha value is -5.82. The minimum atomic E-state index is -5.22. The normalized spacial score (nSPS) is 17.4. The van der Waals surface area contributed by atoms with Crippen LogP contribution < -0.4 is 21.1 Å². The molecule has 15 nitrogen and oxygen atoms in total. The van der Waals surface area contributed by atoms with Gasteiger partial charge in [-0.3, -0.25) is 19.0 Å². The number of hydrogen-bond acceptors (Lipinski definition) is 11. The van der Waals surface area contributed by atoms with Gasteiger partial charge in [0.2, 0.25) is 15.9 Å². The molecule has 2 unspecified atom stereocenters. The number of unbranched alkanes of at least 4 members (excludes halogenated alkanes) is 1. The second-order valence-electron chi connectivity index (χ2n) is 18.3. The predicted octanol–water partition coefficient (Wildman–Crippen LogP) is 7.04. The Bertz CT molecular complexity index is 3310. The standard InChI is InChI=1S/C45H44ClF10N9O6S2/c1-42(2,72(3,68)69)13-12-25-8-9-26(27-10-11-30(46)35-37(27)64(21-43(49,50)51)62-40(35)65(73(4,70)71)41(67)31(58)7-5-6-14-57)36(59-25)32(17-22-15-23(47)18-24(48)16-22)60-33(66)20-63-39-34(38(61-63)45(54,55)56)28-19-29(28)44(39,52)53/h8-11,15-16,18,28-29,31-32H,5-7,14,17,19-21,57-58H2,1-4H3,(H,60,66)/t28-,29+,31?,32?/m0/s1. The van der Waals surface area contributed by atoms with Gasteiger partial charge in [-0.25, -0.2) is 30.6 Å². The van der Waals surface area contributed by atoms with Crippen LogP contribution in [0.5, 0.6) is 0 Å². The van der Waals surface area contributed by atoms with E-state index in [1.165, 1.54) is 13.8 Å². The van der Waals surface area contributed by atoms with Gasteiger partial charge in [-0.2, -0.15) is 49.6 Å². The lowest BCUT2D eigenvalue weighted by Crippen LogP contribution is -2.47. The SMILES string of the molecule is CC(C)(C#Cc1ccc(-c2ccc(Cl)c3c(N(C(=O)C(N)CCCCN)S(C)(=O)=O)nn(CC(F)(F)F)c23)c(C(Cc2cc(F)cc(F)c2)NC(=O)Cn2nc(C(F)(F)F)c3c2C(F)(F)[C@@H]2C[C@H]32)n1)S(C)(=O)=O. The number of hydrogen-bond donors (Lipinski definition) is 3. The number of amides is 2. The first-order valence-electron chi connectivity index (χ1n) is 21.9. The van der Waals surface area contributed by atoms with Gasteiger partial charge in [0.25, 0.3) is 11.8 Å². The van der Waals surface area contributed by atoms with Crippen molar-refractivity contribution in [2.24, 2.45) is 17.4 Å². The number of halogens is 11. The van der Waals surface area contributed by atoms with Crippen LogP contribution in [0.15, 0.2) is 42.5 Å². The summed E-state index contributed by atoms with van der Waals surface area (Å²) in [6.45, 7) is -0.604. The third-order valence-electron chi connectivity index (χ3n) is 12.3. The summed E-state index contributed by atoms with van der Waals surface area (Å²) in [5.41, 5.74) is 5.82. The van der Waals surface area contributed by atoms with Gasteiger partial charge < -0.3 is 16.8 Å². The van der Waals surface area contributed by atoms with E-state index in [1.54, 1.807) is 0 Å². The number of carbonyl (C=O) groups excluding carboxylic acids is 2. The molecule has 0 saturated heterocycles. The summed E-state index contributed by atoms with van der Waals surface area (Å²) in [6.07, 6.45) is -9.40. The van der Waals surface area contributed by atoms with Gasteiger partial charge in [0.05, 0.1) is 40.0 Å². The number of rotatable bonds is 16. The Morgan fingerprint density at radius 2 is 1.60 bits per heavy atom. The molecule has 5 aromatic rings. The fourth-order valence-electron chi connectivity index (χ4n) is 8.61. The number of fused-ring (bicyclic) bond motifs is 4. The molecule has 5 N–H and O–H groups in total. The zero-order valence-electron chi connectivity index (χ0n) is 38.8. The second-order valence-corrected chi connectivity index (χ2v) is 23.1. The number of aromatic nitrogens is 5. The summed E-state index contributed by atoms with van der Waals surface area (Å²) in [7, 11) is -8.70. The fraction of sp³-hybridized carbons (Fsp3) is 0.444. The first kappa shape index (κ1) is 54.9. The van der Waals surface area contributed by atoms with E-state index in [9.17, 15) is 61.5 Å². The molecule has 73 heavy (non-hydrogen) atoms. The van der Waals surface area contributed by atoms with E-state index in [0.29, 0.717) is 18.7 Å². The summed E-state index contributed by atoms with van der Waals surface area (Å²) in [5.74, 6) is -7.27. The number of sulfone groups is 1. The van der Waals surface area contributed by atoms with Crippen molar-refractivity contribution in [3.63, 3.8) is 0 Å². The lowest BCUT2D eigenvalue weighted by atomic mass is 9.93. The lowest BCUT2D eigenvalue weighted by molar-refractivity contribution is -0.143. The summed E-state index contributed by atoms with van der Waals surface area (Å²) in [5, 5.41) is 8.75. The zero-order chi connectivity index (χ0) is 54.1. The van der Waals surface area contributed by atoms with E-state index < -0.39 is 154 Å². The molecule has 0 aliphatic heterocycles. The molecule has 3 heterocycles. The average molecular weight is 1100 g/mol. The molecule has 4 atom stereocenters. The highest BCUT2D eigenvalue weighted by Gasteiger charge is 2.68. The van der Waals surface area contributed by atoms with Crippen molar-refractivity contribution in [2.45, 2.75) is 100 Å². The number of nitrogens with one attached hydrogen (secondary N) is 1. The minimum Gasteiger partial charge on any atom is -0.346 e. The van der Waals surface area contributed by atoms with Crippen molar-refractivity contribution >= 4 is 60.0 Å². The first-order chi connectivity index (χ1) is 33.6. The largest absolute Gasteiger partial charge is 0.435 e. The molecule has 1 fully saturated rings. The summed E-state index contributed by atoms with van der Waals surface area (Å²) in [4.78, 5) is 32.6. The third kappa shape index (κ3) is 11.3. The highest BCUT2D eigenvalue weighted by atomic mass is 35.5. The number of nitrogens with zero attached hydrogens (tertiary/aromatic N) is 6. The molecule has 2 aliphatic carbocycles. The van der Waals surface area contributed by atoms with Gasteiger partial charge >= 0.3 is 12.4 Å². The van der Waals surface area contributed by atoms with E-state index in [2.05, 4.69) is 32.3 Å². The molecule has 7 rings (SSSR count). The number of anilines is 1. The first-order valence-corrected chi connectivity index (χ1v) is 26.1. The van der Waals surface area contributed by atoms with Gasteiger partial charge in [0.1, 0.15) is 40.9 Å². The van der Waals surface area contributed by atoms with E-state index in [1.807, 2.05) is 0 Å². The van der Waals surface area contributed by atoms with Crippen molar-refractivity contribution in [3.8, 4) is 23.0 Å². The molecule has 394 valence electrons. The van der Waals surface area contributed by atoms with Crippen LogP contribution in [0.3, 0.4) is 0 Å². The maximum Gasteiger partial charge on any atom is 0.435 e. The van der Waals surface area contributed by atoms with Gasteiger partial charge in [-0.05, 0) is 93.8 Å². The highest BCUT2D eigenvalue weighted by molar-refractivity contribution is 7.93. The van der Waals surface area contributed by atoms with Crippen molar-refractivity contribution in [2.75, 3.05) is 23.4 Å². The number of carbonyl (C=O) groups is 2. The van der Waals surface area contributed by atoms with Crippen molar-refractivity contribution < 1.29 is 70.3 Å². The number of sulfonamides is 1. The van der Waals surface area contributed by atoms with Crippen molar-refractivity contribution in [1.29, 1.82) is 0 Å². The molecule has 3 aromatic heterocycles. The molecule has 2 amide bonds. The predicted molar refractivity (Wildman–Crippen MR) is 246 cm³/mol. The Morgan fingerprint density at radius 1 is 0.959 bits per heavy atom. The number of nitrogens with two attached hydrogens (primary N) is 2. The van der Waals surface area contributed by atoms with Gasteiger partial charge in [0, 0.05) is 34.9 Å². The quantitative estimate of drug-likeness (QED) is 0.0517. The summed E-state index contributed by atoms with van der Waals surface area (Å²) in [6, 6.07) is 3.28. The van der Waals surface area contributed by atoms with Crippen LogP contribution in [0.2, 0.25) is 5.02 Å². The Labute approximate surface area is 415 Å². The molecule has 2 aliphatic rings. The molecule has 28 heteroatoms. The fourth-order valence-corrected chi connectivity index (χ4v) is 9.99.